The van der Waals surface area contributed by atoms with Gasteiger partial charge < -0.3 is 25.6 Å². The summed E-state index contributed by atoms with van der Waals surface area (Å²) in [6.07, 6.45) is 0.926. The van der Waals surface area contributed by atoms with Gasteiger partial charge in [0, 0.05) is 11.6 Å². The summed E-state index contributed by atoms with van der Waals surface area (Å²) in [5.74, 6) is 0.266. The van der Waals surface area contributed by atoms with Gasteiger partial charge in [0.05, 0.1) is 18.3 Å². The summed E-state index contributed by atoms with van der Waals surface area (Å²) in [6, 6.07) is 2.64. The molecule has 1 unspecified atom stereocenters. The number of anilines is 1. The van der Waals surface area contributed by atoms with Crippen molar-refractivity contribution < 1.29 is 19.7 Å². The molecule has 0 radical (unpaired) electrons. The van der Waals surface area contributed by atoms with Gasteiger partial charge in [0.1, 0.15) is 11.5 Å². The fourth-order valence-electron chi connectivity index (χ4n) is 2.06. The summed E-state index contributed by atoms with van der Waals surface area (Å²) >= 11 is 0. The first kappa shape index (κ1) is 16.6. The second-order valence-corrected chi connectivity index (χ2v) is 4.44. The first-order chi connectivity index (χ1) is 9.15. The summed E-state index contributed by atoms with van der Waals surface area (Å²) in [5, 5.41) is 25.0. The van der Waals surface area contributed by atoms with Gasteiger partial charge in [-0.05, 0) is 19.0 Å². The molecule has 1 atom stereocenters. The van der Waals surface area contributed by atoms with E-state index in [1.165, 1.54) is 6.07 Å². The van der Waals surface area contributed by atoms with Gasteiger partial charge in [0.15, 0.2) is 6.61 Å². The highest BCUT2D eigenvalue weighted by molar-refractivity contribution is 5.96. The molecule has 0 aromatic heterocycles. The zero-order chi connectivity index (χ0) is 13.8. The van der Waals surface area contributed by atoms with Crippen LogP contribution in [0.2, 0.25) is 0 Å². The number of amides is 1. The molecule has 6 nitrogen and oxygen atoms in total. The van der Waals surface area contributed by atoms with Crippen LogP contribution in [0.5, 0.6) is 11.5 Å². The Balaban J connectivity index is 0.00000200. The number of fused-ring (bicyclic) bond motifs is 1. The Morgan fingerprint density at radius 1 is 1.50 bits per heavy atom. The van der Waals surface area contributed by atoms with Crippen molar-refractivity contribution in [3.05, 3.63) is 17.7 Å². The monoisotopic (exact) mass is 302 g/mol. The molecule has 112 valence electrons. The minimum absolute atomic E-state index is 0. The van der Waals surface area contributed by atoms with Crippen molar-refractivity contribution in [1.29, 1.82) is 0 Å². The van der Waals surface area contributed by atoms with E-state index in [-0.39, 0.29) is 43.3 Å². The molecule has 0 spiro atoms. The minimum atomic E-state index is -0.337. The highest BCUT2D eigenvalue weighted by Crippen LogP contribution is 2.38. The van der Waals surface area contributed by atoms with E-state index in [9.17, 15) is 15.0 Å². The zero-order valence-corrected chi connectivity index (χ0v) is 12.0. The van der Waals surface area contributed by atoms with Crippen LogP contribution in [-0.4, -0.2) is 35.9 Å². The summed E-state index contributed by atoms with van der Waals surface area (Å²) in [5.41, 5.74) is 1.08. The Morgan fingerprint density at radius 2 is 2.25 bits per heavy atom. The maximum atomic E-state index is 11.3. The van der Waals surface area contributed by atoms with Crippen LogP contribution >= 0.6 is 12.4 Å². The van der Waals surface area contributed by atoms with Gasteiger partial charge in [-0.1, -0.05) is 6.92 Å². The van der Waals surface area contributed by atoms with Crippen LogP contribution in [0.3, 0.4) is 0 Å². The molecule has 2 rings (SSSR count). The van der Waals surface area contributed by atoms with E-state index >= 15 is 0 Å². The molecule has 1 aromatic rings. The first-order valence-corrected chi connectivity index (χ1v) is 6.29. The summed E-state index contributed by atoms with van der Waals surface area (Å²) in [6.45, 7) is 2.59. The Hall–Kier alpha value is -1.50. The molecule has 1 amide bonds. The van der Waals surface area contributed by atoms with Gasteiger partial charge in [0.25, 0.3) is 5.91 Å². The number of halogens is 1. The first-order valence-electron chi connectivity index (χ1n) is 6.29. The number of hydrogen-bond donors (Lipinski definition) is 4. The lowest BCUT2D eigenvalue weighted by atomic mass is 10.0. The lowest BCUT2D eigenvalue weighted by Crippen LogP contribution is -2.29. The number of hydrogen-bond acceptors (Lipinski definition) is 5. The maximum absolute atomic E-state index is 11.3. The predicted molar refractivity (Wildman–Crippen MR) is 77.6 cm³/mol. The molecule has 1 heterocycles. The molecular formula is C13H19ClN2O4. The smallest absolute Gasteiger partial charge is 0.262 e. The Labute approximate surface area is 123 Å². The molecule has 0 saturated carbocycles. The van der Waals surface area contributed by atoms with Crippen molar-refractivity contribution in [1.82, 2.24) is 5.32 Å². The number of rotatable bonds is 5. The average Bonchev–Trinajstić information content (AvgIpc) is 2.38. The molecular weight excluding hydrogens is 284 g/mol. The fraction of sp³-hybridized carbons (Fsp3) is 0.462. The predicted octanol–water partition coefficient (Wildman–Crippen LogP) is 1.18. The third kappa shape index (κ3) is 3.53. The lowest BCUT2D eigenvalue weighted by molar-refractivity contribution is -0.118. The normalized spacial score (nSPS) is 14.6. The fourth-order valence-corrected chi connectivity index (χ4v) is 2.06. The minimum Gasteiger partial charge on any atom is -0.508 e. The number of aliphatic hydroxyl groups is 1. The van der Waals surface area contributed by atoms with Gasteiger partial charge >= 0.3 is 0 Å². The molecule has 4 N–H and O–H groups in total. The van der Waals surface area contributed by atoms with Crippen molar-refractivity contribution in [2.45, 2.75) is 19.4 Å². The lowest BCUT2D eigenvalue weighted by Gasteiger charge is -2.25. The van der Waals surface area contributed by atoms with Gasteiger partial charge in [-0.25, -0.2) is 0 Å². The van der Waals surface area contributed by atoms with E-state index in [0.717, 1.165) is 13.0 Å². The molecule has 1 aliphatic heterocycles. The topological polar surface area (TPSA) is 90.8 Å². The van der Waals surface area contributed by atoms with E-state index in [1.807, 2.05) is 6.92 Å². The van der Waals surface area contributed by atoms with Crippen LogP contribution in [0, 0.1) is 0 Å². The molecule has 1 aromatic carbocycles. The average molecular weight is 303 g/mol. The largest absolute Gasteiger partial charge is 0.508 e. The van der Waals surface area contributed by atoms with Crippen molar-refractivity contribution in [3.63, 3.8) is 0 Å². The van der Waals surface area contributed by atoms with Crippen molar-refractivity contribution in [3.8, 4) is 11.5 Å². The van der Waals surface area contributed by atoms with E-state index < -0.39 is 0 Å². The molecule has 0 bridgehead atoms. The standard InChI is InChI=1S/C13H18N2O4.ClH/c1-2-3-14-11(6-16)9-4-8(17)5-10-13(9)19-7-12(18)15-10;/h4-5,11,14,16-17H,2-3,6-7H2,1H3,(H,15,18);1H. The van der Waals surface area contributed by atoms with E-state index in [2.05, 4.69) is 10.6 Å². The van der Waals surface area contributed by atoms with E-state index in [4.69, 9.17) is 4.74 Å². The van der Waals surface area contributed by atoms with Crippen LogP contribution in [0.25, 0.3) is 0 Å². The van der Waals surface area contributed by atoms with Crippen LogP contribution in [0.4, 0.5) is 5.69 Å². The van der Waals surface area contributed by atoms with Crippen molar-refractivity contribution in [2.75, 3.05) is 25.1 Å². The van der Waals surface area contributed by atoms with Crippen molar-refractivity contribution >= 4 is 24.0 Å². The summed E-state index contributed by atoms with van der Waals surface area (Å²) < 4.78 is 5.41. The number of aliphatic hydroxyl groups excluding tert-OH is 1. The quantitative estimate of drug-likeness (QED) is 0.656. The number of benzene rings is 1. The van der Waals surface area contributed by atoms with Crippen molar-refractivity contribution in [2.24, 2.45) is 0 Å². The summed E-state index contributed by atoms with van der Waals surface area (Å²) in [7, 11) is 0. The van der Waals surface area contributed by atoms with Gasteiger partial charge in [-0.15, -0.1) is 12.4 Å². The SMILES string of the molecule is CCCNC(CO)c1cc(O)cc2c1OCC(=O)N2.Cl. The Kier molecular flexibility index (Phi) is 6.06. The molecule has 1 aliphatic rings. The molecule has 0 fully saturated rings. The molecule has 0 saturated heterocycles. The molecule has 20 heavy (non-hydrogen) atoms. The summed E-state index contributed by atoms with van der Waals surface area (Å²) in [4.78, 5) is 11.3. The number of carbonyl (C=O) groups excluding carboxylic acids is 1. The second-order valence-electron chi connectivity index (χ2n) is 4.44. The molecule has 7 heteroatoms. The molecule has 0 aliphatic carbocycles. The number of phenolic OH excluding ortho intramolecular Hbond substituents is 1. The highest BCUT2D eigenvalue weighted by Gasteiger charge is 2.24. The third-order valence-corrected chi connectivity index (χ3v) is 2.92. The Bertz CT molecular complexity index is 482. The number of aromatic hydroxyl groups is 1. The maximum Gasteiger partial charge on any atom is 0.262 e. The number of nitrogens with one attached hydrogen (secondary N) is 2. The van der Waals surface area contributed by atoms with Gasteiger partial charge in [0.2, 0.25) is 0 Å². The third-order valence-electron chi connectivity index (χ3n) is 2.92. The number of carbonyl (C=O) groups is 1. The zero-order valence-electron chi connectivity index (χ0n) is 11.2. The van der Waals surface area contributed by atoms with Crippen LogP contribution in [-0.2, 0) is 4.79 Å². The highest BCUT2D eigenvalue weighted by atomic mass is 35.5. The number of ether oxygens (including phenoxy) is 1. The van der Waals surface area contributed by atoms with Gasteiger partial charge in [-0.3, -0.25) is 4.79 Å². The van der Waals surface area contributed by atoms with E-state index in [1.54, 1.807) is 6.07 Å². The van der Waals surface area contributed by atoms with Crippen LogP contribution < -0.4 is 15.4 Å². The van der Waals surface area contributed by atoms with E-state index in [0.29, 0.717) is 17.0 Å². The van der Waals surface area contributed by atoms with Crippen LogP contribution in [0.1, 0.15) is 24.9 Å². The van der Waals surface area contributed by atoms with Crippen LogP contribution in [0.15, 0.2) is 12.1 Å². The second kappa shape index (κ2) is 7.33. The van der Waals surface area contributed by atoms with Gasteiger partial charge in [-0.2, -0.15) is 0 Å². The number of phenols is 1. The Morgan fingerprint density at radius 3 is 2.90 bits per heavy atom.